The maximum absolute atomic E-state index is 5.82. The van der Waals surface area contributed by atoms with Crippen molar-refractivity contribution in [2.24, 2.45) is 0 Å². The Morgan fingerprint density at radius 1 is 0.818 bits per heavy atom. The number of methoxy groups -OCH3 is 2. The van der Waals surface area contributed by atoms with Crippen LogP contribution in [0, 0.1) is 23.7 Å². The van der Waals surface area contributed by atoms with Crippen LogP contribution in [0.4, 0.5) is 11.4 Å². The summed E-state index contributed by atoms with van der Waals surface area (Å²) in [5.74, 6) is 12.7. The van der Waals surface area contributed by atoms with Crippen molar-refractivity contribution >= 4 is 11.4 Å². The van der Waals surface area contributed by atoms with Crippen LogP contribution in [0.2, 0.25) is 0 Å². The molecule has 0 aliphatic carbocycles. The Labute approximate surface area is 130 Å². The van der Waals surface area contributed by atoms with Crippen molar-refractivity contribution in [3.8, 4) is 35.2 Å². The summed E-state index contributed by atoms with van der Waals surface area (Å²) in [6.07, 6.45) is 0. The number of anilines is 2. The van der Waals surface area contributed by atoms with Crippen LogP contribution in [-0.4, -0.2) is 14.2 Å². The molecule has 0 saturated carbocycles. The molecule has 0 saturated heterocycles. The van der Waals surface area contributed by atoms with E-state index in [-0.39, 0.29) is 0 Å². The zero-order valence-electron chi connectivity index (χ0n) is 12.4. The van der Waals surface area contributed by atoms with Gasteiger partial charge < -0.3 is 20.9 Å². The van der Waals surface area contributed by atoms with Gasteiger partial charge in [0.15, 0.2) is 0 Å². The molecule has 0 bridgehead atoms. The van der Waals surface area contributed by atoms with E-state index in [2.05, 4.69) is 23.7 Å². The quantitative estimate of drug-likeness (QED) is 0.658. The van der Waals surface area contributed by atoms with E-state index in [1.807, 2.05) is 6.07 Å². The zero-order valence-corrected chi connectivity index (χ0v) is 12.4. The molecule has 0 aliphatic heterocycles. The molecular formula is C18H16N2O2. The van der Waals surface area contributed by atoms with E-state index < -0.39 is 0 Å². The number of rotatable bonds is 2. The SMILES string of the molecule is COc1cc(N)cc(C#CC#Cc2ccc(OC)c(N)c2)c1. The molecule has 0 aromatic heterocycles. The number of nitrogen functional groups attached to an aromatic ring is 2. The molecule has 2 aromatic carbocycles. The lowest BCUT2D eigenvalue weighted by Crippen LogP contribution is -1.92. The number of hydrogen-bond acceptors (Lipinski definition) is 4. The molecule has 2 aromatic rings. The standard InChI is InChI=1S/C18H16N2O2/c1-21-16-10-14(9-15(19)12-16)6-4-3-5-13-7-8-18(22-2)17(20)11-13/h7-12H,19-20H2,1-2H3. The van der Waals surface area contributed by atoms with Gasteiger partial charge in [0, 0.05) is 22.9 Å². The summed E-state index contributed by atoms with van der Waals surface area (Å²) in [6.45, 7) is 0. The topological polar surface area (TPSA) is 70.5 Å². The number of nitrogens with two attached hydrogens (primary N) is 2. The summed E-state index contributed by atoms with van der Waals surface area (Å²) in [6, 6.07) is 10.6. The predicted molar refractivity (Wildman–Crippen MR) is 88.6 cm³/mol. The first-order chi connectivity index (χ1) is 10.6. The molecule has 0 radical (unpaired) electrons. The van der Waals surface area contributed by atoms with E-state index >= 15 is 0 Å². The molecule has 110 valence electrons. The van der Waals surface area contributed by atoms with Gasteiger partial charge in [-0.25, -0.2) is 0 Å². The van der Waals surface area contributed by atoms with Gasteiger partial charge in [-0.15, -0.1) is 0 Å². The van der Waals surface area contributed by atoms with Crippen LogP contribution >= 0.6 is 0 Å². The van der Waals surface area contributed by atoms with Crippen LogP contribution in [-0.2, 0) is 0 Å². The number of hydrogen-bond donors (Lipinski definition) is 2. The maximum atomic E-state index is 5.82. The van der Waals surface area contributed by atoms with E-state index in [0.717, 1.165) is 11.1 Å². The molecule has 4 N–H and O–H groups in total. The first-order valence-corrected chi connectivity index (χ1v) is 6.52. The Hall–Kier alpha value is -3.24. The smallest absolute Gasteiger partial charge is 0.141 e. The molecule has 4 heteroatoms. The van der Waals surface area contributed by atoms with E-state index in [1.165, 1.54) is 0 Å². The van der Waals surface area contributed by atoms with Crippen LogP contribution in [0.25, 0.3) is 0 Å². The lowest BCUT2D eigenvalue weighted by molar-refractivity contribution is 0.415. The minimum atomic E-state index is 0.544. The van der Waals surface area contributed by atoms with Crippen LogP contribution < -0.4 is 20.9 Å². The summed E-state index contributed by atoms with van der Waals surface area (Å²) in [5.41, 5.74) is 14.3. The lowest BCUT2D eigenvalue weighted by atomic mass is 10.2. The van der Waals surface area contributed by atoms with Crippen molar-refractivity contribution in [2.75, 3.05) is 25.7 Å². The van der Waals surface area contributed by atoms with Crippen LogP contribution in [0.1, 0.15) is 11.1 Å². The second-order valence-electron chi connectivity index (χ2n) is 4.45. The van der Waals surface area contributed by atoms with Gasteiger partial charge in [-0.1, -0.05) is 11.8 Å². The Morgan fingerprint density at radius 3 is 2.18 bits per heavy atom. The molecule has 0 spiro atoms. The Morgan fingerprint density at radius 2 is 1.55 bits per heavy atom. The molecule has 0 atom stereocenters. The normalized spacial score (nSPS) is 9.00. The van der Waals surface area contributed by atoms with Gasteiger partial charge in [0.05, 0.1) is 19.9 Å². The highest BCUT2D eigenvalue weighted by Crippen LogP contribution is 2.21. The fraction of sp³-hybridized carbons (Fsp3) is 0.111. The summed E-state index contributed by atoms with van der Waals surface area (Å²) >= 11 is 0. The molecule has 0 aliphatic rings. The summed E-state index contributed by atoms with van der Waals surface area (Å²) in [4.78, 5) is 0. The van der Waals surface area contributed by atoms with Crippen LogP contribution in [0.5, 0.6) is 11.5 Å². The van der Waals surface area contributed by atoms with E-state index in [4.69, 9.17) is 20.9 Å². The van der Waals surface area contributed by atoms with Gasteiger partial charge >= 0.3 is 0 Å². The van der Waals surface area contributed by atoms with Crippen molar-refractivity contribution in [3.63, 3.8) is 0 Å². The first kappa shape index (κ1) is 15.2. The van der Waals surface area contributed by atoms with Crippen molar-refractivity contribution < 1.29 is 9.47 Å². The van der Waals surface area contributed by atoms with Crippen molar-refractivity contribution in [1.29, 1.82) is 0 Å². The van der Waals surface area contributed by atoms with E-state index in [9.17, 15) is 0 Å². The van der Waals surface area contributed by atoms with Crippen molar-refractivity contribution in [3.05, 3.63) is 47.5 Å². The summed E-state index contributed by atoms with van der Waals surface area (Å²) < 4.78 is 10.2. The lowest BCUT2D eigenvalue weighted by Gasteiger charge is -2.03. The second-order valence-corrected chi connectivity index (χ2v) is 4.45. The van der Waals surface area contributed by atoms with Gasteiger partial charge in [0.2, 0.25) is 0 Å². The molecule has 4 nitrogen and oxygen atoms in total. The molecular weight excluding hydrogens is 276 g/mol. The Kier molecular flexibility index (Phi) is 4.80. The highest BCUT2D eigenvalue weighted by molar-refractivity contribution is 5.58. The van der Waals surface area contributed by atoms with E-state index in [1.54, 1.807) is 44.6 Å². The fourth-order valence-electron chi connectivity index (χ4n) is 1.83. The number of benzene rings is 2. The summed E-state index contributed by atoms with van der Waals surface area (Å²) in [5, 5.41) is 0. The maximum Gasteiger partial charge on any atom is 0.141 e. The first-order valence-electron chi connectivity index (χ1n) is 6.52. The highest BCUT2D eigenvalue weighted by atomic mass is 16.5. The van der Waals surface area contributed by atoms with Gasteiger partial charge in [-0.2, -0.15) is 0 Å². The minimum Gasteiger partial charge on any atom is -0.497 e. The Bertz CT molecular complexity index is 805. The molecule has 2 rings (SSSR count). The predicted octanol–water partition coefficient (Wildman–Crippen LogP) is 2.27. The third-order valence-electron chi connectivity index (χ3n) is 2.87. The third kappa shape index (κ3) is 3.88. The van der Waals surface area contributed by atoms with Crippen LogP contribution in [0.15, 0.2) is 36.4 Å². The van der Waals surface area contributed by atoms with Gasteiger partial charge in [0.25, 0.3) is 0 Å². The van der Waals surface area contributed by atoms with E-state index in [0.29, 0.717) is 22.9 Å². The third-order valence-corrected chi connectivity index (χ3v) is 2.87. The van der Waals surface area contributed by atoms with Crippen molar-refractivity contribution in [2.45, 2.75) is 0 Å². The van der Waals surface area contributed by atoms with Gasteiger partial charge in [0.1, 0.15) is 11.5 Å². The van der Waals surface area contributed by atoms with Gasteiger partial charge in [-0.3, -0.25) is 0 Å². The second kappa shape index (κ2) is 6.97. The molecule has 0 unspecified atom stereocenters. The summed E-state index contributed by atoms with van der Waals surface area (Å²) in [7, 11) is 3.15. The molecule has 0 heterocycles. The molecule has 0 amide bonds. The van der Waals surface area contributed by atoms with Gasteiger partial charge in [-0.05, 0) is 42.2 Å². The monoisotopic (exact) mass is 292 g/mol. The average Bonchev–Trinajstić information content (AvgIpc) is 2.51. The molecule has 0 fully saturated rings. The fourth-order valence-corrected chi connectivity index (χ4v) is 1.83. The number of ether oxygens (including phenoxy) is 2. The zero-order chi connectivity index (χ0) is 15.9. The van der Waals surface area contributed by atoms with Crippen molar-refractivity contribution in [1.82, 2.24) is 0 Å². The molecule has 22 heavy (non-hydrogen) atoms. The minimum absolute atomic E-state index is 0.544. The van der Waals surface area contributed by atoms with Crippen LogP contribution in [0.3, 0.4) is 0 Å². The Balaban J connectivity index is 2.18. The average molecular weight is 292 g/mol. The largest absolute Gasteiger partial charge is 0.497 e. The highest BCUT2D eigenvalue weighted by Gasteiger charge is 1.98.